The third-order valence-corrected chi connectivity index (χ3v) is 1.20. The van der Waals surface area contributed by atoms with E-state index >= 15 is 0 Å². The van der Waals surface area contributed by atoms with Crippen molar-refractivity contribution >= 4 is 12.0 Å². The first-order chi connectivity index (χ1) is 5.59. The van der Waals surface area contributed by atoms with Gasteiger partial charge in [-0.25, -0.2) is 9.78 Å². The van der Waals surface area contributed by atoms with E-state index in [1.165, 1.54) is 12.5 Å². The molecule has 0 radical (unpaired) electrons. The molecule has 0 bridgehead atoms. The smallest absolute Gasteiger partial charge is 0.364 e. The predicted molar refractivity (Wildman–Crippen MR) is 39.9 cm³/mol. The summed E-state index contributed by atoms with van der Waals surface area (Å²) in [5.41, 5.74) is 0.289. The highest BCUT2D eigenvalue weighted by Crippen LogP contribution is 2.04. The molecule has 0 saturated carbocycles. The summed E-state index contributed by atoms with van der Waals surface area (Å²) in [6.45, 7) is 0. The number of rotatable bonds is 2. The van der Waals surface area contributed by atoms with Crippen molar-refractivity contribution in [1.29, 1.82) is 0 Å². The molecule has 0 aliphatic heterocycles. The van der Waals surface area contributed by atoms with Gasteiger partial charge in [0.2, 0.25) is 5.83 Å². The number of carboxylic acids is 1. The van der Waals surface area contributed by atoms with E-state index in [0.29, 0.717) is 0 Å². The number of aryl methyl sites for hydroxylation is 1. The number of hydrogen-bond acceptors (Lipinski definition) is 2. The van der Waals surface area contributed by atoms with E-state index in [2.05, 4.69) is 4.98 Å². The van der Waals surface area contributed by atoms with Crippen LogP contribution in [0.3, 0.4) is 0 Å². The summed E-state index contributed by atoms with van der Waals surface area (Å²) in [5.74, 6) is -2.80. The van der Waals surface area contributed by atoms with Gasteiger partial charge < -0.3 is 9.67 Å². The van der Waals surface area contributed by atoms with Gasteiger partial charge in [-0.3, -0.25) is 0 Å². The largest absolute Gasteiger partial charge is 0.476 e. The van der Waals surface area contributed by atoms with Gasteiger partial charge in [0.25, 0.3) is 0 Å². The number of hydrogen-bond donors (Lipinski definition) is 1. The second-order valence-electron chi connectivity index (χ2n) is 2.26. The topological polar surface area (TPSA) is 55.1 Å². The van der Waals surface area contributed by atoms with Gasteiger partial charge in [0, 0.05) is 19.3 Å². The Labute approximate surface area is 68.0 Å². The fraction of sp³-hybridized carbons (Fsp3) is 0.143. The van der Waals surface area contributed by atoms with Gasteiger partial charge in [0.1, 0.15) is 0 Å². The van der Waals surface area contributed by atoms with E-state index < -0.39 is 11.8 Å². The number of aliphatic carboxylic acids is 1. The summed E-state index contributed by atoms with van der Waals surface area (Å²) in [6.07, 6.45) is 3.84. The number of imidazole rings is 1. The lowest BCUT2D eigenvalue weighted by atomic mass is 10.4. The van der Waals surface area contributed by atoms with Crippen molar-refractivity contribution in [2.24, 2.45) is 7.05 Å². The SMILES string of the molecule is Cn1cnc(/C=C(\F)C(=O)O)c1. The Morgan fingerprint density at radius 3 is 2.92 bits per heavy atom. The van der Waals surface area contributed by atoms with E-state index in [1.807, 2.05) is 0 Å². The molecule has 4 nitrogen and oxygen atoms in total. The molecule has 1 heterocycles. The summed E-state index contributed by atoms with van der Waals surface area (Å²) < 4.78 is 14.0. The Kier molecular flexibility index (Phi) is 2.23. The monoisotopic (exact) mass is 170 g/mol. The summed E-state index contributed by atoms with van der Waals surface area (Å²) in [5, 5.41) is 8.17. The van der Waals surface area contributed by atoms with Crippen LogP contribution in [-0.4, -0.2) is 20.6 Å². The first-order valence-electron chi connectivity index (χ1n) is 3.18. The Morgan fingerprint density at radius 1 is 1.83 bits per heavy atom. The van der Waals surface area contributed by atoms with Crippen molar-refractivity contribution in [2.45, 2.75) is 0 Å². The minimum Gasteiger partial charge on any atom is -0.476 e. The van der Waals surface area contributed by atoms with Gasteiger partial charge in [0.15, 0.2) is 0 Å². The van der Waals surface area contributed by atoms with Crippen molar-refractivity contribution in [3.8, 4) is 0 Å². The molecule has 0 atom stereocenters. The van der Waals surface area contributed by atoms with Crippen LogP contribution < -0.4 is 0 Å². The number of halogens is 1. The lowest BCUT2D eigenvalue weighted by molar-refractivity contribution is -0.134. The van der Waals surface area contributed by atoms with Crippen LogP contribution in [0.2, 0.25) is 0 Å². The Hall–Kier alpha value is -1.65. The molecule has 0 amide bonds. The molecule has 1 aromatic heterocycles. The lowest BCUT2D eigenvalue weighted by Gasteiger charge is -1.85. The van der Waals surface area contributed by atoms with E-state index in [0.717, 1.165) is 6.08 Å². The second-order valence-corrected chi connectivity index (χ2v) is 2.26. The minimum atomic E-state index is -1.58. The van der Waals surface area contributed by atoms with Crippen LogP contribution in [-0.2, 0) is 11.8 Å². The van der Waals surface area contributed by atoms with Gasteiger partial charge in [0.05, 0.1) is 12.0 Å². The van der Waals surface area contributed by atoms with Crippen LogP contribution in [0.15, 0.2) is 18.4 Å². The maximum atomic E-state index is 12.4. The second kappa shape index (κ2) is 3.17. The van der Waals surface area contributed by atoms with Gasteiger partial charge >= 0.3 is 5.97 Å². The van der Waals surface area contributed by atoms with Gasteiger partial charge in [-0.15, -0.1) is 0 Å². The van der Waals surface area contributed by atoms with Crippen LogP contribution in [0.1, 0.15) is 5.69 Å². The maximum Gasteiger partial charge on any atom is 0.364 e. The first-order valence-corrected chi connectivity index (χ1v) is 3.18. The Morgan fingerprint density at radius 2 is 2.50 bits per heavy atom. The van der Waals surface area contributed by atoms with Crippen molar-refractivity contribution < 1.29 is 14.3 Å². The molecular formula is C7H7FN2O2. The molecule has 0 fully saturated rings. The molecule has 5 heteroatoms. The fourth-order valence-corrected chi connectivity index (χ4v) is 0.699. The lowest BCUT2D eigenvalue weighted by Crippen LogP contribution is -1.93. The van der Waals surface area contributed by atoms with Crippen LogP contribution >= 0.6 is 0 Å². The van der Waals surface area contributed by atoms with Crippen molar-refractivity contribution in [3.05, 3.63) is 24.0 Å². The highest BCUT2D eigenvalue weighted by molar-refractivity contribution is 5.89. The third kappa shape index (κ3) is 1.91. The number of aromatic nitrogens is 2. The molecular weight excluding hydrogens is 163 g/mol. The molecule has 1 N–H and O–H groups in total. The van der Waals surface area contributed by atoms with Crippen molar-refractivity contribution in [3.63, 3.8) is 0 Å². The number of carbonyl (C=O) groups is 1. The zero-order chi connectivity index (χ0) is 9.14. The molecule has 1 rings (SSSR count). The van der Waals surface area contributed by atoms with Crippen LogP contribution in [0.5, 0.6) is 0 Å². The van der Waals surface area contributed by atoms with E-state index in [4.69, 9.17) is 5.11 Å². The fourth-order valence-electron chi connectivity index (χ4n) is 0.699. The van der Waals surface area contributed by atoms with E-state index in [-0.39, 0.29) is 5.69 Å². The summed E-state index contributed by atoms with van der Waals surface area (Å²) >= 11 is 0. The predicted octanol–water partition coefficient (Wildman–Crippen LogP) is 0.815. The van der Waals surface area contributed by atoms with Gasteiger partial charge in [-0.1, -0.05) is 0 Å². The van der Waals surface area contributed by atoms with E-state index in [1.54, 1.807) is 11.6 Å². The molecule has 0 aromatic carbocycles. The Balaban J connectivity index is 2.87. The van der Waals surface area contributed by atoms with Gasteiger partial charge in [-0.05, 0) is 0 Å². The quantitative estimate of drug-likeness (QED) is 0.668. The zero-order valence-electron chi connectivity index (χ0n) is 6.36. The highest BCUT2D eigenvalue weighted by Gasteiger charge is 2.05. The highest BCUT2D eigenvalue weighted by atomic mass is 19.1. The molecule has 0 saturated heterocycles. The standard InChI is InChI=1S/C7H7FN2O2/c1-10-3-5(9-4-10)2-6(8)7(11)12/h2-4H,1H3,(H,11,12)/b6-2-. The zero-order valence-corrected chi connectivity index (χ0v) is 6.36. The summed E-state index contributed by atoms with van der Waals surface area (Å²) in [7, 11) is 1.71. The van der Waals surface area contributed by atoms with Crippen molar-refractivity contribution in [1.82, 2.24) is 9.55 Å². The third-order valence-electron chi connectivity index (χ3n) is 1.20. The average molecular weight is 170 g/mol. The minimum absolute atomic E-state index is 0.289. The Bertz CT molecular complexity index is 330. The molecule has 0 spiro atoms. The normalized spacial score (nSPS) is 11.7. The molecule has 0 aliphatic rings. The van der Waals surface area contributed by atoms with Crippen LogP contribution in [0.4, 0.5) is 4.39 Å². The molecule has 12 heavy (non-hydrogen) atoms. The van der Waals surface area contributed by atoms with E-state index in [9.17, 15) is 9.18 Å². The van der Waals surface area contributed by atoms with Gasteiger partial charge in [-0.2, -0.15) is 4.39 Å². The first kappa shape index (κ1) is 8.45. The summed E-state index contributed by atoms with van der Waals surface area (Å²) in [4.78, 5) is 13.8. The van der Waals surface area contributed by atoms with Crippen LogP contribution in [0, 0.1) is 0 Å². The molecule has 64 valence electrons. The van der Waals surface area contributed by atoms with Crippen LogP contribution in [0.25, 0.3) is 6.08 Å². The molecule has 1 aromatic rings. The average Bonchev–Trinajstić information content (AvgIpc) is 2.35. The van der Waals surface area contributed by atoms with Crippen molar-refractivity contribution in [2.75, 3.05) is 0 Å². The summed E-state index contributed by atoms with van der Waals surface area (Å²) in [6, 6.07) is 0. The number of nitrogens with zero attached hydrogens (tertiary/aromatic N) is 2. The molecule has 0 unspecified atom stereocenters. The molecule has 0 aliphatic carbocycles. The maximum absolute atomic E-state index is 12.4. The number of carboxylic acid groups (broad SMARTS) is 1.